The summed E-state index contributed by atoms with van der Waals surface area (Å²) in [5, 5.41) is 13.3. The Morgan fingerprint density at radius 3 is 2.48 bits per heavy atom. The molecule has 1 aromatic rings. The number of phenols is 1. The van der Waals surface area contributed by atoms with E-state index in [1.807, 2.05) is 12.1 Å². The van der Waals surface area contributed by atoms with E-state index in [0.29, 0.717) is 28.7 Å². The van der Waals surface area contributed by atoms with Crippen LogP contribution >= 0.6 is 0 Å². The number of aromatic hydroxyl groups is 1. The molecule has 4 atom stereocenters. The number of benzene rings is 1. The molecular weight excluding hydrogens is 258 g/mol. The van der Waals surface area contributed by atoms with Crippen molar-refractivity contribution in [1.82, 2.24) is 5.32 Å². The van der Waals surface area contributed by atoms with Gasteiger partial charge in [0.15, 0.2) is 0 Å². The quantitative estimate of drug-likeness (QED) is 0.873. The standard InChI is InChI=1S/C19H29NO/c1-13(11-14-5-7-16(21)8-6-14)20-17-18(2,3)15-9-10-19(17,4)12-15/h5-8,13,15,17,20-21H,9-12H2,1-4H3. The van der Waals surface area contributed by atoms with Crippen LogP contribution in [-0.4, -0.2) is 17.2 Å². The molecule has 3 rings (SSSR count). The van der Waals surface area contributed by atoms with E-state index in [-0.39, 0.29) is 0 Å². The summed E-state index contributed by atoms with van der Waals surface area (Å²) in [5.41, 5.74) is 2.19. The van der Waals surface area contributed by atoms with Crippen molar-refractivity contribution in [3.8, 4) is 5.75 Å². The Balaban J connectivity index is 1.67. The van der Waals surface area contributed by atoms with Crippen LogP contribution < -0.4 is 5.32 Å². The van der Waals surface area contributed by atoms with Crippen molar-refractivity contribution < 1.29 is 5.11 Å². The van der Waals surface area contributed by atoms with E-state index >= 15 is 0 Å². The monoisotopic (exact) mass is 287 g/mol. The second-order valence-corrected chi connectivity index (χ2v) is 8.29. The van der Waals surface area contributed by atoms with Crippen molar-refractivity contribution in [3.05, 3.63) is 29.8 Å². The van der Waals surface area contributed by atoms with Crippen LogP contribution in [0.2, 0.25) is 0 Å². The molecule has 0 spiro atoms. The Morgan fingerprint density at radius 2 is 1.90 bits per heavy atom. The van der Waals surface area contributed by atoms with Gasteiger partial charge in [-0.05, 0) is 67.1 Å². The number of rotatable bonds is 4. The number of hydrogen-bond donors (Lipinski definition) is 2. The number of hydrogen-bond acceptors (Lipinski definition) is 2. The number of fused-ring (bicyclic) bond motifs is 2. The summed E-state index contributed by atoms with van der Waals surface area (Å²) >= 11 is 0. The Kier molecular flexibility index (Phi) is 3.56. The van der Waals surface area contributed by atoms with Gasteiger partial charge in [-0.25, -0.2) is 0 Å². The summed E-state index contributed by atoms with van der Waals surface area (Å²) in [5.74, 6) is 1.24. The van der Waals surface area contributed by atoms with Crippen molar-refractivity contribution in [1.29, 1.82) is 0 Å². The molecule has 116 valence electrons. The molecule has 2 saturated carbocycles. The average Bonchev–Trinajstić information content (AvgIpc) is 2.89. The second-order valence-electron chi connectivity index (χ2n) is 8.29. The van der Waals surface area contributed by atoms with Gasteiger partial charge >= 0.3 is 0 Å². The van der Waals surface area contributed by atoms with Gasteiger partial charge in [0.05, 0.1) is 0 Å². The van der Waals surface area contributed by atoms with E-state index in [0.717, 1.165) is 12.3 Å². The lowest BCUT2D eigenvalue weighted by atomic mass is 9.68. The van der Waals surface area contributed by atoms with Gasteiger partial charge in [-0.15, -0.1) is 0 Å². The molecule has 0 heterocycles. The van der Waals surface area contributed by atoms with Crippen molar-refractivity contribution in [2.75, 3.05) is 0 Å². The van der Waals surface area contributed by atoms with Crippen LogP contribution in [-0.2, 0) is 6.42 Å². The molecule has 2 aliphatic carbocycles. The average molecular weight is 287 g/mol. The van der Waals surface area contributed by atoms with Crippen LogP contribution in [0.25, 0.3) is 0 Å². The molecule has 2 fully saturated rings. The smallest absolute Gasteiger partial charge is 0.115 e. The van der Waals surface area contributed by atoms with E-state index in [2.05, 4.69) is 33.0 Å². The van der Waals surface area contributed by atoms with E-state index < -0.39 is 0 Å². The Morgan fingerprint density at radius 1 is 1.24 bits per heavy atom. The summed E-state index contributed by atoms with van der Waals surface area (Å²) < 4.78 is 0. The molecule has 4 unspecified atom stereocenters. The zero-order chi connectivity index (χ0) is 15.3. The first-order chi connectivity index (χ1) is 9.81. The van der Waals surface area contributed by atoms with E-state index in [9.17, 15) is 5.11 Å². The SMILES string of the molecule is CC(Cc1ccc(O)cc1)NC1C2(C)CCC(C2)C1(C)C. The van der Waals surface area contributed by atoms with E-state index in [4.69, 9.17) is 0 Å². The maximum absolute atomic E-state index is 9.38. The minimum Gasteiger partial charge on any atom is -0.508 e. The summed E-state index contributed by atoms with van der Waals surface area (Å²) in [7, 11) is 0. The highest BCUT2D eigenvalue weighted by Crippen LogP contribution is 2.62. The molecule has 21 heavy (non-hydrogen) atoms. The summed E-state index contributed by atoms with van der Waals surface area (Å²) in [6, 6.07) is 8.71. The molecule has 2 aliphatic rings. The van der Waals surface area contributed by atoms with E-state index in [1.165, 1.54) is 24.8 Å². The van der Waals surface area contributed by atoms with Gasteiger partial charge in [-0.1, -0.05) is 32.9 Å². The molecule has 0 saturated heterocycles. The first-order valence-electron chi connectivity index (χ1n) is 8.35. The predicted molar refractivity (Wildman–Crippen MR) is 87.4 cm³/mol. The molecule has 0 aliphatic heterocycles. The van der Waals surface area contributed by atoms with Crippen molar-refractivity contribution in [2.45, 2.75) is 65.5 Å². The normalized spacial score (nSPS) is 35.0. The van der Waals surface area contributed by atoms with Gasteiger partial charge in [0.2, 0.25) is 0 Å². The predicted octanol–water partition coefficient (Wildman–Crippen LogP) is 4.13. The third-order valence-electron chi connectivity index (χ3n) is 6.20. The molecule has 1 aromatic carbocycles. The second kappa shape index (κ2) is 5.01. The fourth-order valence-electron chi connectivity index (χ4n) is 5.05. The first kappa shape index (κ1) is 14.9. The first-order valence-corrected chi connectivity index (χ1v) is 8.35. The number of phenolic OH excluding ortho intramolecular Hbond substituents is 1. The van der Waals surface area contributed by atoms with Crippen molar-refractivity contribution in [2.24, 2.45) is 16.7 Å². The highest BCUT2D eigenvalue weighted by Gasteiger charge is 2.59. The maximum Gasteiger partial charge on any atom is 0.115 e. The van der Waals surface area contributed by atoms with E-state index in [1.54, 1.807) is 12.1 Å². The third kappa shape index (κ3) is 2.59. The minimum atomic E-state index is 0.348. The molecule has 0 aromatic heterocycles. The molecule has 2 heteroatoms. The van der Waals surface area contributed by atoms with Crippen LogP contribution in [0.4, 0.5) is 0 Å². The van der Waals surface area contributed by atoms with Gasteiger partial charge in [-0.3, -0.25) is 0 Å². The summed E-state index contributed by atoms with van der Waals surface area (Å²) in [4.78, 5) is 0. The lowest BCUT2D eigenvalue weighted by Gasteiger charge is -2.44. The zero-order valence-corrected chi connectivity index (χ0v) is 13.8. The Labute approximate surface area is 129 Å². The third-order valence-corrected chi connectivity index (χ3v) is 6.20. The number of nitrogens with one attached hydrogen (secondary N) is 1. The lowest BCUT2D eigenvalue weighted by molar-refractivity contribution is 0.100. The van der Waals surface area contributed by atoms with Crippen LogP contribution in [0.5, 0.6) is 5.75 Å². The van der Waals surface area contributed by atoms with Crippen LogP contribution in [0.3, 0.4) is 0 Å². The van der Waals surface area contributed by atoms with Crippen LogP contribution in [0, 0.1) is 16.7 Å². The van der Waals surface area contributed by atoms with Crippen molar-refractivity contribution in [3.63, 3.8) is 0 Å². The molecule has 2 bridgehead atoms. The summed E-state index contributed by atoms with van der Waals surface area (Å²) in [6.45, 7) is 9.67. The molecule has 2 N–H and O–H groups in total. The highest BCUT2D eigenvalue weighted by atomic mass is 16.3. The Hall–Kier alpha value is -1.02. The van der Waals surface area contributed by atoms with Crippen molar-refractivity contribution >= 4 is 0 Å². The lowest BCUT2D eigenvalue weighted by Crippen LogP contribution is -2.53. The van der Waals surface area contributed by atoms with Gasteiger partial charge in [0, 0.05) is 12.1 Å². The maximum atomic E-state index is 9.38. The Bertz CT molecular complexity index is 502. The highest BCUT2D eigenvalue weighted by molar-refractivity contribution is 5.26. The van der Waals surface area contributed by atoms with Gasteiger partial charge in [0.1, 0.15) is 5.75 Å². The molecule has 0 amide bonds. The minimum absolute atomic E-state index is 0.348. The van der Waals surface area contributed by atoms with Gasteiger partial charge in [0.25, 0.3) is 0 Å². The molecule has 2 nitrogen and oxygen atoms in total. The fraction of sp³-hybridized carbons (Fsp3) is 0.684. The van der Waals surface area contributed by atoms with Crippen LogP contribution in [0.1, 0.15) is 52.5 Å². The topological polar surface area (TPSA) is 32.3 Å². The van der Waals surface area contributed by atoms with Crippen LogP contribution in [0.15, 0.2) is 24.3 Å². The molecular formula is C19H29NO. The van der Waals surface area contributed by atoms with Gasteiger partial charge < -0.3 is 10.4 Å². The molecule has 0 radical (unpaired) electrons. The largest absolute Gasteiger partial charge is 0.508 e. The van der Waals surface area contributed by atoms with Gasteiger partial charge in [-0.2, -0.15) is 0 Å². The fourth-order valence-corrected chi connectivity index (χ4v) is 5.05. The summed E-state index contributed by atoms with van der Waals surface area (Å²) in [6.07, 6.45) is 5.20. The zero-order valence-electron chi connectivity index (χ0n) is 13.8.